The Hall–Kier alpha value is -1.47. The normalized spacial score (nSPS) is 10.3. The van der Waals surface area contributed by atoms with Crippen molar-refractivity contribution in [1.82, 2.24) is 4.90 Å². The number of ether oxygens (including phenoxy) is 2. The largest absolute Gasteiger partial charge is 0.465 e. The van der Waals surface area contributed by atoms with Crippen molar-refractivity contribution in [1.29, 1.82) is 0 Å². The van der Waals surface area contributed by atoms with Gasteiger partial charge in [0, 0.05) is 18.1 Å². The van der Waals surface area contributed by atoms with Crippen LogP contribution in [-0.2, 0) is 14.3 Å². The Kier molecular flexibility index (Phi) is 7.31. The smallest absolute Gasteiger partial charge is 0.325 e. The lowest BCUT2D eigenvalue weighted by molar-refractivity contribution is -0.143. The third-order valence-electron chi connectivity index (χ3n) is 2.65. The number of hydrogen-bond donors (Lipinski definition) is 0. The Labute approximate surface area is 131 Å². The van der Waals surface area contributed by atoms with Crippen LogP contribution in [0.2, 0.25) is 0 Å². The highest BCUT2D eigenvalue weighted by Crippen LogP contribution is 2.21. The summed E-state index contributed by atoms with van der Waals surface area (Å²) in [6, 6.07) is 4.24. The fourth-order valence-corrected chi connectivity index (χ4v) is 2.19. The minimum absolute atomic E-state index is 0.113. The maximum atomic E-state index is 13.8. The summed E-state index contributed by atoms with van der Waals surface area (Å²) in [6.45, 7) is 2.03. The highest BCUT2D eigenvalue weighted by molar-refractivity contribution is 9.10. The first-order chi connectivity index (χ1) is 10.0. The third kappa shape index (κ3) is 5.09. The van der Waals surface area contributed by atoms with Gasteiger partial charge in [-0.25, -0.2) is 4.39 Å². The molecule has 0 saturated carbocycles. The fraction of sp³-hybridized carbons (Fsp3) is 0.429. The third-order valence-corrected chi connectivity index (χ3v) is 3.32. The highest BCUT2D eigenvalue weighted by Gasteiger charge is 2.24. The zero-order valence-electron chi connectivity index (χ0n) is 11.9. The van der Waals surface area contributed by atoms with Gasteiger partial charge in [-0.2, -0.15) is 0 Å². The van der Waals surface area contributed by atoms with Crippen LogP contribution >= 0.6 is 15.9 Å². The number of rotatable bonds is 7. The number of carbonyl (C=O) groups is 2. The topological polar surface area (TPSA) is 55.8 Å². The van der Waals surface area contributed by atoms with Gasteiger partial charge in [0.15, 0.2) is 0 Å². The van der Waals surface area contributed by atoms with Gasteiger partial charge in [0.25, 0.3) is 5.91 Å². The molecule has 0 bridgehead atoms. The first-order valence-electron chi connectivity index (χ1n) is 6.39. The van der Waals surface area contributed by atoms with Gasteiger partial charge in [-0.3, -0.25) is 9.59 Å². The molecule has 7 heteroatoms. The molecule has 0 aliphatic carbocycles. The molecular weight excluding hydrogens is 345 g/mol. The summed E-state index contributed by atoms with van der Waals surface area (Å²) >= 11 is 3.15. The molecule has 0 heterocycles. The molecule has 1 aromatic rings. The van der Waals surface area contributed by atoms with Crippen LogP contribution in [0.3, 0.4) is 0 Å². The predicted molar refractivity (Wildman–Crippen MR) is 78.5 cm³/mol. The lowest BCUT2D eigenvalue weighted by Crippen LogP contribution is -2.39. The van der Waals surface area contributed by atoms with E-state index in [1.165, 1.54) is 24.1 Å². The SMILES string of the molecule is CCOC(=O)CN(CCOC)C(=O)c1c(F)cccc1Br. The van der Waals surface area contributed by atoms with Gasteiger partial charge in [-0.15, -0.1) is 0 Å². The molecule has 0 spiro atoms. The molecule has 5 nitrogen and oxygen atoms in total. The molecule has 0 aliphatic rings. The van der Waals surface area contributed by atoms with E-state index in [-0.39, 0.29) is 31.9 Å². The van der Waals surface area contributed by atoms with Crippen LogP contribution in [-0.4, -0.2) is 50.2 Å². The maximum absolute atomic E-state index is 13.8. The Balaban J connectivity index is 2.96. The van der Waals surface area contributed by atoms with Crippen LogP contribution in [0.4, 0.5) is 4.39 Å². The van der Waals surface area contributed by atoms with Gasteiger partial charge in [0.1, 0.15) is 12.4 Å². The van der Waals surface area contributed by atoms with E-state index in [0.29, 0.717) is 4.47 Å². The molecule has 1 amide bonds. The minimum Gasteiger partial charge on any atom is -0.465 e. The second-order valence-corrected chi connectivity index (χ2v) is 4.98. The summed E-state index contributed by atoms with van der Waals surface area (Å²) in [5, 5.41) is 0. The van der Waals surface area contributed by atoms with Crippen molar-refractivity contribution >= 4 is 27.8 Å². The van der Waals surface area contributed by atoms with Crippen LogP contribution in [0.5, 0.6) is 0 Å². The van der Waals surface area contributed by atoms with Crippen molar-refractivity contribution in [2.75, 3.05) is 33.4 Å². The summed E-state index contributed by atoms with van der Waals surface area (Å²) in [5.41, 5.74) is -0.113. The van der Waals surface area contributed by atoms with E-state index in [4.69, 9.17) is 9.47 Å². The number of esters is 1. The van der Waals surface area contributed by atoms with Gasteiger partial charge in [0.2, 0.25) is 0 Å². The lowest BCUT2D eigenvalue weighted by atomic mass is 10.2. The number of carbonyl (C=O) groups excluding carboxylic acids is 2. The standard InChI is InChI=1S/C14H17BrFNO4/c1-3-21-12(18)9-17(7-8-20-2)14(19)13-10(15)5-4-6-11(13)16/h4-6H,3,7-9H2,1-2H3. The van der Waals surface area contributed by atoms with E-state index in [9.17, 15) is 14.0 Å². The highest BCUT2D eigenvalue weighted by atomic mass is 79.9. The monoisotopic (exact) mass is 361 g/mol. The molecule has 21 heavy (non-hydrogen) atoms. The molecule has 0 radical (unpaired) electrons. The second kappa shape index (κ2) is 8.74. The number of nitrogens with zero attached hydrogens (tertiary/aromatic N) is 1. The van der Waals surface area contributed by atoms with Crippen molar-refractivity contribution in [3.05, 3.63) is 34.1 Å². The van der Waals surface area contributed by atoms with E-state index < -0.39 is 17.7 Å². The number of halogens is 2. The molecule has 0 fully saturated rings. The van der Waals surface area contributed by atoms with Crippen LogP contribution in [0.15, 0.2) is 22.7 Å². The number of methoxy groups -OCH3 is 1. The molecule has 0 aromatic heterocycles. The molecule has 0 N–H and O–H groups in total. The minimum atomic E-state index is -0.652. The van der Waals surface area contributed by atoms with Gasteiger partial charge in [-0.1, -0.05) is 6.07 Å². The van der Waals surface area contributed by atoms with Crippen molar-refractivity contribution < 1.29 is 23.5 Å². The zero-order chi connectivity index (χ0) is 15.8. The number of hydrogen-bond acceptors (Lipinski definition) is 4. The molecule has 0 atom stereocenters. The van der Waals surface area contributed by atoms with E-state index >= 15 is 0 Å². The molecule has 0 saturated heterocycles. The van der Waals surface area contributed by atoms with E-state index in [0.717, 1.165) is 0 Å². The molecule has 0 aliphatic heterocycles. The zero-order valence-corrected chi connectivity index (χ0v) is 13.5. The first-order valence-corrected chi connectivity index (χ1v) is 7.18. The molecule has 1 aromatic carbocycles. The summed E-state index contributed by atoms with van der Waals surface area (Å²) in [7, 11) is 1.48. The Morgan fingerprint density at radius 1 is 1.38 bits per heavy atom. The van der Waals surface area contributed by atoms with Gasteiger partial charge in [0.05, 0.1) is 18.8 Å². The van der Waals surface area contributed by atoms with Crippen molar-refractivity contribution in [2.45, 2.75) is 6.92 Å². The van der Waals surface area contributed by atoms with Gasteiger partial charge < -0.3 is 14.4 Å². The lowest BCUT2D eigenvalue weighted by Gasteiger charge is -2.22. The summed E-state index contributed by atoms with van der Waals surface area (Å²) in [5.74, 6) is -1.79. The molecule has 0 unspecified atom stereocenters. The second-order valence-electron chi connectivity index (χ2n) is 4.12. The number of benzene rings is 1. The van der Waals surface area contributed by atoms with Crippen molar-refractivity contribution in [3.8, 4) is 0 Å². The first kappa shape index (κ1) is 17.6. The van der Waals surface area contributed by atoms with Gasteiger partial charge >= 0.3 is 5.97 Å². The average Bonchev–Trinajstić information content (AvgIpc) is 2.43. The van der Waals surface area contributed by atoms with Crippen LogP contribution < -0.4 is 0 Å². The van der Waals surface area contributed by atoms with Crippen LogP contribution in [0.1, 0.15) is 17.3 Å². The van der Waals surface area contributed by atoms with Gasteiger partial charge in [-0.05, 0) is 35.0 Å². The van der Waals surface area contributed by atoms with E-state index in [2.05, 4.69) is 15.9 Å². The summed E-state index contributed by atoms with van der Waals surface area (Å²) in [4.78, 5) is 25.2. The molecule has 1 rings (SSSR count). The fourth-order valence-electron chi connectivity index (χ4n) is 1.68. The van der Waals surface area contributed by atoms with Crippen LogP contribution in [0.25, 0.3) is 0 Å². The van der Waals surface area contributed by atoms with E-state index in [1.807, 2.05) is 0 Å². The molecule has 116 valence electrons. The van der Waals surface area contributed by atoms with Crippen LogP contribution in [0, 0.1) is 5.82 Å². The predicted octanol–water partition coefficient (Wildman–Crippen LogP) is 2.24. The number of amides is 1. The summed E-state index contributed by atoms with van der Waals surface area (Å²) in [6.07, 6.45) is 0. The molecular formula is C14H17BrFNO4. The average molecular weight is 362 g/mol. The van der Waals surface area contributed by atoms with Crippen molar-refractivity contribution in [3.63, 3.8) is 0 Å². The van der Waals surface area contributed by atoms with E-state index in [1.54, 1.807) is 13.0 Å². The quantitative estimate of drug-likeness (QED) is 0.699. The maximum Gasteiger partial charge on any atom is 0.325 e. The summed E-state index contributed by atoms with van der Waals surface area (Å²) < 4.78 is 23.9. The Morgan fingerprint density at radius 3 is 2.67 bits per heavy atom. The van der Waals surface area contributed by atoms with Crippen molar-refractivity contribution in [2.24, 2.45) is 0 Å². The Morgan fingerprint density at radius 2 is 2.10 bits per heavy atom. The Bertz CT molecular complexity index is 489.